The Bertz CT molecular complexity index is 1140. The molecule has 2 heterocycles. The van der Waals surface area contributed by atoms with Gasteiger partial charge in [-0.1, -0.05) is 26.8 Å². The van der Waals surface area contributed by atoms with Crippen molar-refractivity contribution in [2.75, 3.05) is 22.3 Å². The van der Waals surface area contributed by atoms with E-state index < -0.39 is 0 Å². The van der Waals surface area contributed by atoms with Gasteiger partial charge in [0.05, 0.1) is 11.4 Å². The molecule has 0 saturated heterocycles. The van der Waals surface area contributed by atoms with E-state index in [0.717, 1.165) is 16.5 Å². The molecule has 1 amide bonds. The van der Waals surface area contributed by atoms with E-state index in [2.05, 4.69) is 46.5 Å². The molecule has 0 atom stereocenters. The molecule has 3 rings (SSSR count). The lowest BCUT2D eigenvalue weighted by Gasteiger charge is -2.16. The minimum absolute atomic E-state index is 0.00155. The minimum Gasteiger partial charge on any atom is -0.386 e. The number of rotatable bonds is 7. The number of pyridine rings is 1. The fourth-order valence-electron chi connectivity index (χ4n) is 3.29. The molecule has 0 unspecified atom stereocenters. The Balaban J connectivity index is 1.66. The van der Waals surface area contributed by atoms with Gasteiger partial charge in [-0.3, -0.25) is 4.79 Å². The lowest BCUT2D eigenvalue weighted by atomic mass is 9.94. The number of carbonyl (C=O) groups is 1. The number of thiazole rings is 1. The van der Waals surface area contributed by atoms with Crippen molar-refractivity contribution in [3.8, 4) is 0 Å². The van der Waals surface area contributed by atoms with Crippen LogP contribution in [0.2, 0.25) is 0 Å². The number of aromatic nitrogens is 2. The maximum Gasteiger partial charge on any atom is 0.227 e. The number of hydrogen-bond donors (Lipinski definition) is 4. The van der Waals surface area contributed by atoms with Crippen molar-refractivity contribution < 1.29 is 4.79 Å². The van der Waals surface area contributed by atoms with Crippen LogP contribution in [-0.4, -0.2) is 28.3 Å². The molecule has 0 aliphatic heterocycles. The molecule has 2 aromatic heterocycles. The average molecular weight is 455 g/mol. The van der Waals surface area contributed by atoms with Gasteiger partial charge >= 0.3 is 0 Å². The predicted molar refractivity (Wildman–Crippen MR) is 133 cm³/mol. The Morgan fingerprint density at radius 2 is 2.03 bits per heavy atom. The third-order valence-corrected chi connectivity index (χ3v) is 6.15. The molecular formula is C22H30N8OS. The summed E-state index contributed by atoms with van der Waals surface area (Å²) in [6.07, 6.45) is 2.00. The van der Waals surface area contributed by atoms with Crippen LogP contribution >= 0.6 is 11.3 Å². The molecular weight excluding hydrogens is 424 g/mol. The number of hydrazone groups is 1. The van der Waals surface area contributed by atoms with E-state index in [4.69, 9.17) is 11.6 Å². The minimum atomic E-state index is -0.103. The first-order chi connectivity index (χ1) is 15.0. The highest BCUT2D eigenvalue weighted by Gasteiger charge is 2.21. The van der Waals surface area contributed by atoms with Gasteiger partial charge in [-0.05, 0) is 42.8 Å². The van der Waals surface area contributed by atoms with Crippen molar-refractivity contribution in [1.29, 1.82) is 0 Å². The second kappa shape index (κ2) is 9.49. The molecule has 0 radical (unpaired) electrons. The van der Waals surface area contributed by atoms with Gasteiger partial charge in [0, 0.05) is 29.4 Å². The number of fused-ring (bicyclic) bond motifs is 1. The van der Waals surface area contributed by atoms with E-state index in [1.165, 1.54) is 21.3 Å². The van der Waals surface area contributed by atoms with Crippen LogP contribution in [0.4, 0.5) is 16.6 Å². The van der Waals surface area contributed by atoms with Gasteiger partial charge in [0.25, 0.3) is 0 Å². The number of nitrogens with zero attached hydrogens (tertiary/aromatic N) is 4. The molecule has 10 heteroatoms. The fraction of sp³-hybridized carbons (Fsp3) is 0.364. The van der Waals surface area contributed by atoms with Crippen molar-refractivity contribution in [2.24, 2.45) is 16.7 Å². The van der Waals surface area contributed by atoms with E-state index in [9.17, 15) is 4.79 Å². The van der Waals surface area contributed by atoms with Crippen molar-refractivity contribution in [1.82, 2.24) is 9.97 Å². The lowest BCUT2D eigenvalue weighted by molar-refractivity contribution is -0.115. The number of nitrogens with one attached hydrogen (secondary N) is 2. The Kier molecular flexibility index (Phi) is 6.95. The highest BCUT2D eigenvalue weighted by Crippen LogP contribution is 2.33. The Morgan fingerprint density at radius 1 is 1.28 bits per heavy atom. The predicted octanol–water partition coefficient (Wildman–Crippen LogP) is 3.71. The smallest absolute Gasteiger partial charge is 0.227 e. The van der Waals surface area contributed by atoms with Crippen LogP contribution in [0, 0.1) is 6.92 Å². The summed E-state index contributed by atoms with van der Waals surface area (Å²) in [4.78, 5) is 22.5. The SMILES string of the molecule is C/C(N)=N/N(N)c1ccc2ccnc(NCCC(=O)Nc3nc(C)c(C(C)(C)C)s3)c2c1. The Labute approximate surface area is 191 Å². The third-order valence-electron chi connectivity index (χ3n) is 4.65. The Hall–Kier alpha value is -3.24. The van der Waals surface area contributed by atoms with E-state index in [0.29, 0.717) is 29.0 Å². The number of amidine groups is 1. The summed E-state index contributed by atoms with van der Waals surface area (Å²) in [7, 11) is 0. The summed E-state index contributed by atoms with van der Waals surface area (Å²) in [5.74, 6) is 6.87. The summed E-state index contributed by atoms with van der Waals surface area (Å²) in [5, 5.41) is 13.9. The maximum absolute atomic E-state index is 12.4. The lowest BCUT2D eigenvalue weighted by Crippen LogP contribution is -2.27. The van der Waals surface area contributed by atoms with Crippen molar-refractivity contribution in [2.45, 2.75) is 46.5 Å². The van der Waals surface area contributed by atoms with Crippen LogP contribution in [0.25, 0.3) is 10.8 Å². The molecule has 32 heavy (non-hydrogen) atoms. The number of carbonyl (C=O) groups excluding carboxylic acids is 1. The van der Waals surface area contributed by atoms with Gasteiger partial charge in [0.1, 0.15) is 11.7 Å². The van der Waals surface area contributed by atoms with Gasteiger partial charge in [0.2, 0.25) is 5.91 Å². The third kappa shape index (κ3) is 5.71. The second-order valence-corrected chi connectivity index (χ2v) is 9.56. The van der Waals surface area contributed by atoms with Gasteiger partial charge in [-0.2, -0.15) is 5.12 Å². The topological polar surface area (TPSA) is 135 Å². The Morgan fingerprint density at radius 3 is 2.69 bits per heavy atom. The summed E-state index contributed by atoms with van der Waals surface area (Å²) < 4.78 is 0. The van der Waals surface area contributed by atoms with Gasteiger partial charge < -0.3 is 16.4 Å². The van der Waals surface area contributed by atoms with E-state index in [1.807, 2.05) is 31.2 Å². The highest BCUT2D eigenvalue weighted by atomic mass is 32.1. The number of amides is 1. The number of aryl methyl sites for hydroxylation is 1. The first kappa shape index (κ1) is 23.4. The molecule has 170 valence electrons. The van der Waals surface area contributed by atoms with Crippen LogP contribution < -0.4 is 27.3 Å². The number of benzene rings is 1. The van der Waals surface area contributed by atoms with Crippen LogP contribution in [-0.2, 0) is 10.2 Å². The normalized spacial score (nSPS) is 12.1. The molecule has 6 N–H and O–H groups in total. The van der Waals surface area contributed by atoms with Crippen molar-refractivity contribution in [3.63, 3.8) is 0 Å². The number of hydrogen-bond acceptors (Lipinski definition) is 8. The first-order valence-electron chi connectivity index (χ1n) is 10.3. The summed E-state index contributed by atoms with van der Waals surface area (Å²) in [5.41, 5.74) is 7.24. The zero-order valence-corrected chi connectivity index (χ0v) is 19.9. The standard InChI is InChI=1S/C22H30N8OS/c1-13-19(22(3,4)5)32-21(27-13)28-18(31)9-11-26-20-17-12-16(30(24)29-14(2)23)7-6-15(17)8-10-25-20/h6-8,10,12H,9,11,24H2,1-5H3,(H2,23,29)(H,25,26)(H,27,28,31). The molecule has 0 aliphatic carbocycles. The molecule has 9 nitrogen and oxygen atoms in total. The molecule has 0 saturated carbocycles. The number of hydrazine groups is 1. The van der Waals surface area contributed by atoms with E-state index in [-0.39, 0.29) is 17.7 Å². The first-order valence-corrected chi connectivity index (χ1v) is 11.1. The number of nitrogens with two attached hydrogens (primary N) is 2. The van der Waals surface area contributed by atoms with Gasteiger partial charge in [0.15, 0.2) is 5.13 Å². The zero-order valence-electron chi connectivity index (χ0n) is 19.1. The molecule has 0 spiro atoms. The van der Waals surface area contributed by atoms with Gasteiger partial charge in [-0.25, -0.2) is 15.8 Å². The van der Waals surface area contributed by atoms with Gasteiger partial charge in [-0.15, -0.1) is 16.4 Å². The van der Waals surface area contributed by atoms with Crippen LogP contribution in [0.1, 0.15) is 44.7 Å². The molecule has 3 aromatic rings. The second-order valence-electron chi connectivity index (χ2n) is 8.56. The summed E-state index contributed by atoms with van der Waals surface area (Å²) >= 11 is 1.52. The highest BCUT2D eigenvalue weighted by molar-refractivity contribution is 7.16. The van der Waals surface area contributed by atoms with Crippen molar-refractivity contribution in [3.05, 3.63) is 41.0 Å². The van der Waals surface area contributed by atoms with E-state index >= 15 is 0 Å². The zero-order chi connectivity index (χ0) is 23.5. The van der Waals surface area contributed by atoms with Crippen LogP contribution in [0.5, 0.6) is 0 Å². The van der Waals surface area contributed by atoms with Crippen LogP contribution in [0.15, 0.2) is 35.6 Å². The molecule has 0 aliphatic rings. The molecule has 1 aromatic carbocycles. The van der Waals surface area contributed by atoms with E-state index in [1.54, 1.807) is 13.1 Å². The largest absolute Gasteiger partial charge is 0.386 e. The quantitative estimate of drug-likeness (QED) is 0.185. The van der Waals surface area contributed by atoms with Crippen LogP contribution in [0.3, 0.4) is 0 Å². The average Bonchev–Trinajstić information content (AvgIpc) is 3.07. The summed E-state index contributed by atoms with van der Waals surface area (Å²) in [6, 6.07) is 7.58. The fourth-order valence-corrected chi connectivity index (χ4v) is 4.33. The maximum atomic E-state index is 12.4. The number of anilines is 3. The summed E-state index contributed by atoms with van der Waals surface area (Å²) in [6.45, 7) is 10.5. The molecule has 0 bridgehead atoms. The van der Waals surface area contributed by atoms with Crippen molar-refractivity contribution >= 4 is 50.5 Å². The monoisotopic (exact) mass is 454 g/mol. The molecule has 0 fully saturated rings.